The lowest BCUT2D eigenvalue weighted by Gasteiger charge is -2.23. The normalized spacial score (nSPS) is 12.9. The Balaban J connectivity index is 2.65. The van der Waals surface area contributed by atoms with Gasteiger partial charge in [-0.1, -0.05) is 63.9 Å². The van der Waals surface area contributed by atoms with E-state index in [2.05, 4.69) is 10.6 Å². The van der Waals surface area contributed by atoms with Gasteiger partial charge in [-0.25, -0.2) is 9.59 Å². The number of aliphatic carboxylic acids is 1. The highest BCUT2D eigenvalue weighted by Gasteiger charge is 2.28. The number of carbonyl (C=O) groups is 3. The Labute approximate surface area is 154 Å². The zero-order valence-corrected chi connectivity index (χ0v) is 15.5. The highest BCUT2D eigenvalue weighted by atomic mass is 16.5. The van der Waals surface area contributed by atoms with Crippen molar-refractivity contribution in [3.05, 3.63) is 35.9 Å². The van der Waals surface area contributed by atoms with Crippen molar-refractivity contribution >= 4 is 18.0 Å². The maximum Gasteiger partial charge on any atom is 0.408 e. The third-order valence-electron chi connectivity index (χ3n) is 3.90. The lowest BCUT2D eigenvalue weighted by atomic mass is 10.0. The van der Waals surface area contributed by atoms with Crippen LogP contribution in [0.5, 0.6) is 0 Å². The van der Waals surface area contributed by atoms with Gasteiger partial charge in [-0.05, 0) is 17.9 Å². The van der Waals surface area contributed by atoms with Gasteiger partial charge in [0.1, 0.15) is 18.7 Å². The molecule has 1 aromatic rings. The van der Waals surface area contributed by atoms with Gasteiger partial charge in [0, 0.05) is 0 Å². The first-order valence-corrected chi connectivity index (χ1v) is 8.85. The molecule has 1 rings (SSSR count). The Hall–Kier alpha value is -2.57. The molecule has 0 unspecified atom stereocenters. The van der Waals surface area contributed by atoms with E-state index in [0.717, 1.165) is 18.4 Å². The van der Waals surface area contributed by atoms with Gasteiger partial charge in [0.2, 0.25) is 5.91 Å². The molecule has 144 valence electrons. The summed E-state index contributed by atoms with van der Waals surface area (Å²) in [5, 5.41) is 14.3. The number of rotatable bonds is 10. The van der Waals surface area contributed by atoms with E-state index in [1.165, 1.54) is 0 Å². The van der Waals surface area contributed by atoms with Crippen molar-refractivity contribution in [1.29, 1.82) is 0 Å². The Kier molecular flexibility index (Phi) is 9.19. The van der Waals surface area contributed by atoms with E-state index in [1.807, 2.05) is 37.3 Å². The molecule has 2 amide bonds. The fourth-order valence-electron chi connectivity index (χ4n) is 2.35. The molecule has 0 fully saturated rings. The van der Waals surface area contributed by atoms with Crippen molar-refractivity contribution in [3.8, 4) is 0 Å². The summed E-state index contributed by atoms with van der Waals surface area (Å²) >= 11 is 0. The number of unbranched alkanes of at least 4 members (excludes halogenated alkanes) is 1. The maximum absolute atomic E-state index is 12.4. The van der Waals surface area contributed by atoms with Gasteiger partial charge in [0.15, 0.2) is 0 Å². The lowest BCUT2D eigenvalue weighted by Crippen LogP contribution is -2.53. The molecule has 26 heavy (non-hydrogen) atoms. The molecule has 0 bridgehead atoms. The summed E-state index contributed by atoms with van der Waals surface area (Å²) in [7, 11) is 0. The minimum absolute atomic E-state index is 0.0958. The predicted molar refractivity (Wildman–Crippen MR) is 97.5 cm³/mol. The summed E-state index contributed by atoms with van der Waals surface area (Å²) in [5.41, 5.74) is 0.836. The number of carboxylic acids is 1. The van der Waals surface area contributed by atoms with Crippen LogP contribution in [-0.4, -0.2) is 35.2 Å². The summed E-state index contributed by atoms with van der Waals surface area (Å²) < 4.78 is 5.14. The van der Waals surface area contributed by atoms with Crippen molar-refractivity contribution in [2.45, 2.75) is 58.7 Å². The SMILES string of the molecule is CCCC[C@@H](NC(=O)OCc1ccccc1)C(=O)N[C@H](C(=O)O)C(C)C. The summed E-state index contributed by atoms with van der Waals surface area (Å²) in [6.45, 7) is 5.48. The molecule has 0 aromatic heterocycles. The van der Waals surface area contributed by atoms with Gasteiger partial charge in [0.25, 0.3) is 0 Å². The minimum Gasteiger partial charge on any atom is -0.480 e. The van der Waals surface area contributed by atoms with E-state index < -0.39 is 30.1 Å². The summed E-state index contributed by atoms with van der Waals surface area (Å²) in [5.74, 6) is -1.89. The second-order valence-corrected chi connectivity index (χ2v) is 6.47. The summed E-state index contributed by atoms with van der Waals surface area (Å²) in [4.78, 5) is 35.7. The Morgan fingerprint density at radius 2 is 1.77 bits per heavy atom. The highest BCUT2D eigenvalue weighted by Crippen LogP contribution is 2.07. The summed E-state index contributed by atoms with van der Waals surface area (Å²) in [6.07, 6.45) is 1.27. The van der Waals surface area contributed by atoms with Crippen molar-refractivity contribution in [1.82, 2.24) is 10.6 Å². The topological polar surface area (TPSA) is 105 Å². The molecular formula is C19H28N2O5. The standard InChI is InChI=1S/C19H28N2O5/c1-4-5-11-15(17(22)21-16(13(2)3)18(23)24)20-19(25)26-12-14-9-7-6-8-10-14/h6-10,13,15-16H,4-5,11-12H2,1-3H3,(H,20,25)(H,21,22)(H,23,24)/t15-,16+/m1/s1. The van der Waals surface area contributed by atoms with Crippen LogP contribution < -0.4 is 10.6 Å². The fourth-order valence-corrected chi connectivity index (χ4v) is 2.35. The number of ether oxygens (including phenoxy) is 1. The van der Waals surface area contributed by atoms with Crippen LogP contribution in [0.25, 0.3) is 0 Å². The largest absolute Gasteiger partial charge is 0.480 e. The van der Waals surface area contributed by atoms with E-state index in [9.17, 15) is 19.5 Å². The molecule has 0 aliphatic carbocycles. The van der Waals surface area contributed by atoms with Crippen LogP contribution in [0.3, 0.4) is 0 Å². The minimum atomic E-state index is -1.10. The third-order valence-corrected chi connectivity index (χ3v) is 3.90. The second-order valence-electron chi connectivity index (χ2n) is 6.47. The van der Waals surface area contributed by atoms with Gasteiger partial charge < -0.3 is 20.5 Å². The number of carboxylic acid groups (broad SMARTS) is 1. The number of carbonyl (C=O) groups excluding carboxylic acids is 2. The number of alkyl carbamates (subject to hydrolysis) is 1. The first-order valence-electron chi connectivity index (χ1n) is 8.85. The summed E-state index contributed by atoms with van der Waals surface area (Å²) in [6, 6.07) is 7.36. The molecule has 2 atom stereocenters. The molecule has 0 saturated carbocycles. The predicted octanol–water partition coefficient (Wildman–Crippen LogP) is 2.70. The number of hydrogen-bond donors (Lipinski definition) is 3. The first kappa shape index (κ1) is 21.5. The Morgan fingerprint density at radius 3 is 2.31 bits per heavy atom. The van der Waals surface area contributed by atoms with E-state index in [-0.39, 0.29) is 12.5 Å². The van der Waals surface area contributed by atoms with E-state index in [1.54, 1.807) is 13.8 Å². The van der Waals surface area contributed by atoms with Crippen LogP contribution in [0.2, 0.25) is 0 Å². The molecule has 1 aromatic carbocycles. The zero-order valence-electron chi connectivity index (χ0n) is 15.5. The van der Waals surface area contributed by atoms with Crippen molar-refractivity contribution in [2.75, 3.05) is 0 Å². The monoisotopic (exact) mass is 364 g/mol. The Bertz CT molecular complexity index is 589. The number of nitrogens with one attached hydrogen (secondary N) is 2. The quantitative estimate of drug-likeness (QED) is 0.592. The molecule has 0 saturated heterocycles. The van der Waals surface area contributed by atoms with Gasteiger partial charge >= 0.3 is 12.1 Å². The van der Waals surface area contributed by atoms with Crippen LogP contribution in [0.1, 0.15) is 45.6 Å². The van der Waals surface area contributed by atoms with Crippen LogP contribution in [0, 0.1) is 5.92 Å². The van der Waals surface area contributed by atoms with Gasteiger partial charge in [-0.3, -0.25) is 4.79 Å². The molecule has 7 nitrogen and oxygen atoms in total. The van der Waals surface area contributed by atoms with Crippen LogP contribution in [0.15, 0.2) is 30.3 Å². The molecular weight excluding hydrogens is 336 g/mol. The third kappa shape index (κ3) is 7.55. The van der Waals surface area contributed by atoms with Crippen LogP contribution in [-0.2, 0) is 20.9 Å². The van der Waals surface area contributed by atoms with Crippen molar-refractivity contribution in [3.63, 3.8) is 0 Å². The van der Waals surface area contributed by atoms with Gasteiger partial charge in [0.05, 0.1) is 0 Å². The molecule has 0 heterocycles. The van der Waals surface area contributed by atoms with Gasteiger partial charge in [-0.15, -0.1) is 0 Å². The van der Waals surface area contributed by atoms with Crippen molar-refractivity contribution in [2.24, 2.45) is 5.92 Å². The lowest BCUT2D eigenvalue weighted by molar-refractivity contribution is -0.143. The first-order chi connectivity index (χ1) is 12.3. The molecule has 0 radical (unpaired) electrons. The number of hydrogen-bond acceptors (Lipinski definition) is 4. The molecule has 7 heteroatoms. The number of benzene rings is 1. The van der Waals surface area contributed by atoms with Crippen molar-refractivity contribution < 1.29 is 24.2 Å². The molecule has 0 aliphatic rings. The Morgan fingerprint density at radius 1 is 1.12 bits per heavy atom. The molecule has 0 spiro atoms. The average molecular weight is 364 g/mol. The average Bonchev–Trinajstić information content (AvgIpc) is 2.61. The zero-order chi connectivity index (χ0) is 19.5. The van der Waals surface area contributed by atoms with Crippen LogP contribution in [0.4, 0.5) is 4.79 Å². The van der Waals surface area contributed by atoms with E-state index in [0.29, 0.717) is 6.42 Å². The maximum atomic E-state index is 12.4. The van der Waals surface area contributed by atoms with Gasteiger partial charge in [-0.2, -0.15) is 0 Å². The highest BCUT2D eigenvalue weighted by molar-refractivity contribution is 5.89. The van der Waals surface area contributed by atoms with E-state index in [4.69, 9.17) is 4.74 Å². The fraction of sp³-hybridized carbons (Fsp3) is 0.526. The van der Waals surface area contributed by atoms with E-state index >= 15 is 0 Å². The molecule has 3 N–H and O–H groups in total. The molecule has 0 aliphatic heterocycles. The number of amides is 2. The second kappa shape index (κ2) is 11.1. The smallest absolute Gasteiger partial charge is 0.408 e. The van der Waals surface area contributed by atoms with Crippen LogP contribution >= 0.6 is 0 Å².